The second-order valence-electron chi connectivity index (χ2n) is 7.88. The largest absolute Gasteiger partial charge is 0.493 e. The van der Waals surface area contributed by atoms with Gasteiger partial charge in [-0.3, -0.25) is 4.90 Å². The number of carboxylic acid groups (broad SMARTS) is 2. The van der Waals surface area contributed by atoms with Crippen molar-refractivity contribution < 1.29 is 29.3 Å². The molecule has 164 valence electrons. The molecule has 0 aliphatic carbocycles. The zero-order valence-electron chi connectivity index (χ0n) is 18.2. The first-order valence-electron chi connectivity index (χ1n) is 10.2. The Morgan fingerprint density at radius 2 is 1.72 bits per heavy atom. The van der Waals surface area contributed by atoms with E-state index in [4.69, 9.17) is 29.3 Å². The van der Waals surface area contributed by atoms with E-state index in [0.717, 1.165) is 38.4 Å². The van der Waals surface area contributed by atoms with Crippen LogP contribution in [0.1, 0.15) is 57.6 Å². The zero-order chi connectivity index (χ0) is 22.0. The third kappa shape index (κ3) is 9.76. The summed E-state index contributed by atoms with van der Waals surface area (Å²) in [6, 6.07) is 6.54. The maximum Gasteiger partial charge on any atom is 0.414 e. The second-order valence-corrected chi connectivity index (χ2v) is 7.88. The zero-order valence-corrected chi connectivity index (χ0v) is 18.2. The fourth-order valence-electron chi connectivity index (χ4n) is 3.33. The molecule has 1 saturated heterocycles. The SMILES string of the molecule is Cc1ccc(C(C)C)c(OCCCCN2CC(C)OC(C)C2)c1.O=C(O)C(=O)O. The molecule has 1 aliphatic rings. The van der Waals surface area contributed by atoms with Crippen LogP contribution in [0.25, 0.3) is 0 Å². The maximum atomic E-state index is 9.10. The molecule has 0 radical (unpaired) electrons. The predicted octanol–water partition coefficient (Wildman–Crippen LogP) is 3.54. The van der Waals surface area contributed by atoms with Crippen molar-refractivity contribution in [2.24, 2.45) is 0 Å². The van der Waals surface area contributed by atoms with Gasteiger partial charge in [0.05, 0.1) is 18.8 Å². The number of aliphatic carboxylic acids is 2. The van der Waals surface area contributed by atoms with Gasteiger partial charge in [0.1, 0.15) is 5.75 Å². The van der Waals surface area contributed by atoms with E-state index in [-0.39, 0.29) is 0 Å². The molecule has 0 saturated carbocycles. The lowest BCUT2D eigenvalue weighted by atomic mass is 10.0. The van der Waals surface area contributed by atoms with Gasteiger partial charge in [0.2, 0.25) is 0 Å². The van der Waals surface area contributed by atoms with Gasteiger partial charge in [0.15, 0.2) is 0 Å². The number of nitrogens with zero attached hydrogens (tertiary/aromatic N) is 1. The van der Waals surface area contributed by atoms with Gasteiger partial charge >= 0.3 is 11.9 Å². The Balaban J connectivity index is 0.000000612. The Morgan fingerprint density at radius 3 is 2.24 bits per heavy atom. The Bertz CT molecular complexity index is 639. The summed E-state index contributed by atoms with van der Waals surface area (Å²) in [6.07, 6.45) is 3.00. The van der Waals surface area contributed by atoms with Gasteiger partial charge in [0.25, 0.3) is 0 Å². The summed E-state index contributed by atoms with van der Waals surface area (Å²) >= 11 is 0. The van der Waals surface area contributed by atoms with E-state index in [1.165, 1.54) is 17.5 Å². The lowest BCUT2D eigenvalue weighted by molar-refractivity contribution is -0.159. The molecule has 0 aromatic heterocycles. The van der Waals surface area contributed by atoms with Gasteiger partial charge < -0.3 is 19.7 Å². The number of morpholine rings is 1. The van der Waals surface area contributed by atoms with Crippen molar-refractivity contribution in [3.8, 4) is 5.75 Å². The summed E-state index contributed by atoms with van der Waals surface area (Å²) in [5.74, 6) is -2.08. The van der Waals surface area contributed by atoms with Gasteiger partial charge in [-0.25, -0.2) is 9.59 Å². The third-order valence-electron chi connectivity index (χ3n) is 4.60. The monoisotopic (exact) mass is 409 g/mol. The third-order valence-corrected chi connectivity index (χ3v) is 4.60. The molecule has 0 amide bonds. The lowest BCUT2D eigenvalue weighted by Crippen LogP contribution is -2.45. The summed E-state index contributed by atoms with van der Waals surface area (Å²) in [7, 11) is 0. The molecule has 2 N–H and O–H groups in total. The molecule has 1 heterocycles. The van der Waals surface area contributed by atoms with E-state index >= 15 is 0 Å². The summed E-state index contributed by atoms with van der Waals surface area (Å²) in [5.41, 5.74) is 2.58. The molecule has 1 aromatic carbocycles. The fourth-order valence-corrected chi connectivity index (χ4v) is 3.33. The van der Waals surface area contributed by atoms with Crippen LogP contribution in [0.5, 0.6) is 5.75 Å². The molecule has 7 nitrogen and oxygen atoms in total. The number of hydrogen-bond acceptors (Lipinski definition) is 5. The first kappa shape index (κ1) is 24.9. The van der Waals surface area contributed by atoms with Crippen LogP contribution < -0.4 is 4.74 Å². The molecular formula is C22H35NO6. The smallest absolute Gasteiger partial charge is 0.414 e. The number of carbonyl (C=O) groups is 2. The minimum atomic E-state index is -1.82. The number of carboxylic acids is 2. The van der Waals surface area contributed by atoms with E-state index in [2.05, 4.69) is 57.7 Å². The van der Waals surface area contributed by atoms with Crippen LogP contribution in [-0.2, 0) is 14.3 Å². The highest BCUT2D eigenvalue weighted by atomic mass is 16.5. The topological polar surface area (TPSA) is 96.3 Å². The summed E-state index contributed by atoms with van der Waals surface area (Å²) in [5, 5.41) is 14.8. The molecule has 0 bridgehead atoms. The van der Waals surface area contributed by atoms with Crippen LogP contribution >= 0.6 is 0 Å². The van der Waals surface area contributed by atoms with Crippen molar-refractivity contribution in [1.29, 1.82) is 0 Å². The van der Waals surface area contributed by atoms with Crippen molar-refractivity contribution in [1.82, 2.24) is 4.90 Å². The number of aryl methyl sites for hydroxylation is 1. The minimum absolute atomic E-state index is 0.357. The predicted molar refractivity (Wildman–Crippen MR) is 112 cm³/mol. The van der Waals surface area contributed by atoms with Crippen molar-refractivity contribution >= 4 is 11.9 Å². The van der Waals surface area contributed by atoms with E-state index in [1.54, 1.807) is 0 Å². The van der Waals surface area contributed by atoms with Crippen LogP contribution in [0.2, 0.25) is 0 Å². The molecule has 1 aromatic rings. The highest BCUT2D eigenvalue weighted by Crippen LogP contribution is 2.27. The molecule has 1 aliphatic heterocycles. The molecule has 2 rings (SSSR count). The highest BCUT2D eigenvalue weighted by molar-refractivity contribution is 6.27. The molecule has 2 atom stereocenters. The van der Waals surface area contributed by atoms with E-state index in [0.29, 0.717) is 18.1 Å². The van der Waals surface area contributed by atoms with Crippen molar-refractivity contribution in [3.63, 3.8) is 0 Å². The van der Waals surface area contributed by atoms with Gasteiger partial charge in [-0.2, -0.15) is 0 Å². The first-order chi connectivity index (χ1) is 13.6. The molecule has 2 unspecified atom stereocenters. The molecule has 29 heavy (non-hydrogen) atoms. The summed E-state index contributed by atoms with van der Waals surface area (Å²) in [4.78, 5) is 20.7. The second kappa shape index (κ2) is 12.4. The molecule has 1 fully saturated rings. The first-order valence-corrected chi connectivity index (χ1v) is 10.2. The minimum Gasteiger partial charge on any atom is -0.493 e. The van der Waals surface area contributed by atoms with Crippen LogP contribution in [0.3, 0.4) is 0 Å². The number of unbranched alkanes of at least 4 members (excludes halogenated alkanes) is 1. The summed E-state index contributed by atoms with van der Waals surface area (Å²) < 4.78 is 11.8. The van der Waals surface area contributed by atoms with Gasteiger partial charge in [-0.05, 0) is 63.3 Å². The van der Waals surface area contributed by atoms with Gasteiger partial charge in [-0.15, -0.1) is 0 Å². The Hall–Kier alpha value is -2.12. The normalized spacial score (nSPS) is 19.4. The number of hydrogen-bond donors (Lipinski definition) is 2. The quantitative estimate of drug-likeness (QED) is 0.525. The van der Waals surface area contributed by atoms with E-state index in [1.807, 2.05) is 0 Å². The van der Waals surface area contributed by atoms with Crippen LogP contribution in [0.15, 0.2) is 18.2 Å². The fraction of sp³-hybridized carbons (Fsp3) is 0.636. The molecular weight excluding hydrogens is 374 g/mol. The molecule has 0 spiro atoms. The Morgan fingerprint density at radius 1 is 1.14 bits per heavy atom. The number of ether oxygens (including phenoxy) is 2. The lowest BCUT2D eigenvalue weighted by Gasteiger charge is -2.35. The van der Waals surface area contributed by atoms with E-state index < -0.39 is 11.9 Å². The van der Waals surface area contributed by atoms with Crippen LogP contribution in [0.4, 0.5) is 0 Å². The van der Waals surface area contributed by atoms with Crippen molar-refractivity contribution in [2.45, 2.75) is 65.6 Å². The van der Waals surface area contributed by atoms with Crippen molar-refractivity contribution in [2.75, 3.05) is 26.2 Å². The maximum absolute atomic E-state index is 9.10. The Labute approximate surface area is 173 Å². The molecule has 7 heteroatoms. The number of benzene rings is 1. The van der Waals surface area contributed by atoms with Crippen LogP contribution in [-0.4, -0.2) is 65.5 Å². The van der Waals surface area contributed by atoms with Gasteiger partial charge in [0, 0.05) is 13.1 Å². The average Bonchev–Trinajstić information content (AvgIpc) is 2.61. The highest BCUT2D eigenvalue weighted by Gasteiger charge is 2.21. The Kier molecular flexibility index (Phi) is 10.7. The van der Waals surface area contributed by atoms with Gasteiger partial charge in [-0.1, -0.05) is 26.0 Å². The average molecular weight is 410 g/mol. The van der Waals surface area contributed by atoms with Crippen LogP contribution in [0, 0.1) is 6.92 Å². The standard InChI is InChI=1S/C20H33NO2.C2H2O4/c1-15(2)19-9-8-16(3)12-20(19)22-11-7-6-10-21-13-17(4)23-18(5)14-21;3-1(4)2(5)6/h8-9,12,15,17-18H,6-7,10-11,13-14H2,1-5H3;(H,3,4)(H,5,6). The van der Waals surface area contributed by atoms with E-state index in [9.17, 15) is 0 Å². The number of rotatable bonds is 7. The summed E-state index contributed by atoms with van der Waals surface area (Å²) in [6.45, 7) is 15.0. The van der Waals surface area contributed by atoms with Crippen molar-refractivity contribution in [3.05, 3.63) is 29.3 Å².